The maximum absolute atomic E-state index is 10.8. The van der Waals surface area contributed by atoms with Crippen LogP contribution in [0.5, 0.6) is 0 Å². The van der Waals surface area contributed by atoms with E-state index in [1.54, 1.807) is 18.3 Å². The molecule has 0 spiro atoms. The van der Waals surface area contributed by atoms with Gasteiger partial charge in [-0.1, -0.05) is 30.3 Å². The quantitative estimate of drug-likeness (QED) is 0.433. The molecule has 0 saturated carbocycles. The molecule has 0 atom stereocenters. The number of nitrogens with zero attached hydrogens (tertiary/aromatic N) is 3. The number of hydrogen-bond acceptors (Lipinski definition) is 8. The fourth-order valence-corrected chi connectivity index (χ4v) is 3.78. The normalized spacial score (nSPS) is 14.1. The third-order valence-corrected chi connectivity index (χ3v) is 5.74. The molecule has 1 aromatic heterocycles. The van der Waals surface area contributed by atoms with E-state index in [1.165, 1.54) is 12.1 Å². The first kappa shape index (κ1) is 22.9. The Morgan fingerprint density at radius 2 is 1.84 bits per heavy atom. The van der Waals surface area contributed by atoms with Gasteiger partial charge in [0.15, 0.2) is 0 Å². The maximum Gasteiger partial charge on any atom is 0.294 e. The van der Waals surface area contributed by atoms with Crippen molar-refractivity contribution in [3.05, 3.63) is 54.2 Å². The highest BCUT2D eigenvalue weighted by Gasteiger charge is 2.14. The van der Waals surface area contributed by atoms with Crippen molar-refractivity contribution in [2.75, 3.05) is 50.1 Å². The van der Waals surface area contributed by atoms with Gasteiger partial charge in [-0.15, -0.1) is 0 Å². The number of aromatic nitrogens is 2. The number of aliphatic hydroxyl groups excluding tert-OH is 1. The van der Waals surface area contributed by atoms with Gasteiger partial charge >= 0.3 is 0 Å². The molecule has 0 unspecified atom stereocenters. The van der Waals surface area contributed by atoms with Gasteiger partial charge in [0.1, 0.15) is 5.82 Å². The molecular formula is C21H27N5O4S. The zero-order valence-electron chi connectivity index (χ0n) is 17.3. The molecule has 0 aliphatic carbocycles. The highest BCUT2D eigenvalue weighted by atomic mass is 32.2. The second-order valence-corrected chi connectivity index (χ2v) is 8.41. The molecule has 166 valence electrons. The highest BCUT2D eigenvalue weighted by molar-refractivity contribution is 7.85. The lowest BCUT2D eigenvalue weighted by Gasteiger charge is -2.27. The first-order valence-electron chi connectivity index (χ1n) is 9.99. The molecule has 1 aliphatic rings. The van der Waals surface area contributed by atoms with E-state index in [4.69, 9.17) is 9.66 Å². The average molecular weight is 446 g/mol. The van der Waals surface area contributed by atoms with Crippen LogP contribution in [0.2, 0.25) is 0 Å². The second-order valence-electron chi connectivity index (χ2n) is 6.99. The summed E-state index contributed by atoms with van der Waals surface area (Å²) in [5.74, 6) is 1.57. The van der Waals surface area contributed by atoms with E-state index in [9.17, 15) is 8.42 Å². The van der Waals surface area contributed by atoms with Crippen molar-refractivity contribution in [2.24, 2.45) is 0 Å². The van der Waals surface area contributed by atoms with Crippen molar-refractivity contribution in [3.8, 4) is 0 Å². The maximum atomic E-state index is 10.8. The summed E-state index contributed by atoms with van der Waals surface area (Å²) < 4.78 is 30.5. The van der Waals surface area contributed by atoms with E-state index in [2.05, 4.69) is 25.5 Å². The van der Waals surface area contributed by atoms with Gasteiger partial charge in [-0.3, -0.25) is 4.55 Å². The van der Waals surface area contributed by atoms with Crippen LogP contribution in [0.1, 0.15) is 5.56 Å². The largest absolute Gasteiger partial charge is 0.396 e. The Hall–Kier alpha value is -2.79. The van der Waals surface area contributed by atoms with E-state index in [0.717, 1.165) is 54.3 Å². The molecule has 0 radical (unpaired) electrons. The number of rotatable bonds is 5. The molecule has 4 N–H and O–H groups in total. The Morgan fingerprint density at radius 3 is 2.48 bits per heavy atom. The minimum absolute atomic E-state index is 0.0730. The Kier molecular flexibility index (Phi) is 7.75. The van der Waals surface area contributed by atoms with Crippen LogP contribution >= 0.6 is 0 Å². The van der Waals surface area contributed by atoms with Crippen LogP contribution in [0.3, 0.4) is 0 Å². The molecule has 1 fully saturated rings. The minimum Gasteiger partial charge on any atom is -0.396 e. The molecule has 0 bridgehead atoms. The Labute approximate surface area is 181 Å². The van der Waals surface area contributed by atoms with Crippen LogP contribution in [-0.4, -0.2) is 67.9 Å². The number of fused-ring (bicyclic) bond motifs is 1. The van der Waals surface area contributed by atoms with Gasteiger partial charge in [-0.05, 0) is 22.9 Å². The Balaban J connectivity index is 0.000000179. The minimum atomic E-state index is -4.09. The first-order valence-corrected chi connectivity index (χ1v) is 11.4. The van der Waals surface area contributed by atoms with Gasteiger partial charge in [-0.25, -0.2) is 4.98 Å². The van der Waals surface area contributed by atoms with E-state index in [1.807, 2.05) is 25.2 Å². The molecule has 1 aliphatic heterocycles. The lowest BCUT2D eigenvalue weighted by molar-refractivity contribution is 0.299. The van der Waals surface area contributed by atoms with E-state index >= 15 is 0 Å². The molecule has 9 nitrogen and oxygen atoms in total. The van der Waals surface area contributed by atoms with Gasteiger partial charge in [0.05, 0.1) is 4.90 Å². The number of piperazine rings is 1. The van der Waals surface area contributed by atoms with E-state index < -0.39 is 10.1 Å². The fraction of sp³-hybridized carbons (Fsp3) is 0.333. The van der Waals surface area contributed by atoms with Crippen molar-refractivity contribution < 1.29 is 18.1 Å². The molecule has 1 saturated heterocycles. The average Bonchev–Trinajstić information content (AvgIpc) is 2.79. The van der Waals surface area contributed by atoms with Crippen LogP contribution in [0.4, 0.5) is 11.8 Å². The van der Waals surface area contributed by atoms with E-state index in [-0.39, 0.29) is 11.5 Å². The summed E-state index contributed by atoms with van der Waals surface area (Å²) in [4.78, 5) is 11.0. The molecule has 31 heavy (non-hydrogen) atoms. The lowest BCUT2D eigenvalue weighted by Crippen LogP contribution is -2.44. The van der Waals surface area contributed by atoms with Crippen LogP contribution in [0, 0.1) is 0 Å². The van der Waals surface area contributed by atoms with Crippen molar-refractivity contribution in [3.63, 3.8) is 0 Å². The van der Waals surface area contributed by atoms with Crippen molar-refractivity contribution >= 4 is 32.7 Å². The summed E-state index contributed by atoms with van der Waals surface area (Å²) in [6, 6.07) is 11.9. The molecular weight excluding hydrogens is 418 g/mol. The van der Waals surface area contributed by atoms with Crippen molar-refractivity contribution in [1.82, 2.24) is 15.3 Å². The summed E-state index contributed by atoms with van der Waals surface area (Å²) >= 11 is 0. The van der Waals surface area contributed by atoms with Crippen molar-refractivity contribution in [2.45, 2.75) is 11.3 Å². The highest BCUT2D eigenvalue weighted by Crippen LogP contribution is 2.18. The molecule has 10 heteroatoms. The van der Waals surface area contributed by atoms with Crippen LogP contribution < -0.4 is 15.5 Å². The number of nitrogens with one attached hydrogen (secondary N) is 2. The lowest BCUT2D eigenvalue weighted by atomic mass is 10.1. The number of hydrogen-bond donors (Lipinski definition) is 4. The SMILES string of the molecule is CNc1nc(N2CCNCC2)ncc1CCO.O=S(=O)(O)c1ccc2ccccc2c1. The van der Waals surface area contributed by atoms with Gasteiger partial charge in [-0.2, -0.15) is 13.4 Å². The summed E-state index contributed by atoms with van der Waals surface area (Å²) in [5.41, 5.74) is 0.953. The van der Waals surface area contributed by atoms with Gasteiger partial charge in [0, 0.05) is 58.0 Å². The molecule has 0 amide bonds. The van der Waals surface area contributed by atoms with Crippen LogP contribution in [-0.2, 0) is 16.5 Å². The third-order valence-electron chi connectivity index (χ3n) is 4.89. The Bertz CT molecular complexity index is 1120. The fourth-order valence-electron chi connectivity index (χ4n) is 3.26. The summed E-state index contributed by atoms with van der Waals surface area (Å²) in [7, 11) is -2.26. The zero-order valence-corrected chi connectivity index (χ0v) is 18.1. The first-order chi connectivity index (χ1) is 14.9. The summed E-state index contributed by atoms with van der Waals surface area (Å²) in [6.45, 7) is 3.92. The predicted octanol–water partition coefficient (Wildman–Crippen LogP) is 1.55. The van der Waals surface area contributed by atoms with Gasteiger partial charge in [0.2, 0.25) is 5.95 Å². The third kappa shape index (κ3) is 6.11. The topological polar surface area (TPSA) is 128 Å². The van der Waals surface area contributed by atoms with Gasteiger partial charge in [0.25, 0.3) is 10.1 Å². The van der Waals surface area contributed by atoms with Gasteiger partial charge < -0.3 is 20.6 Å². The van der Waals surface area contributed by atoms with Crippen molar-refractivity contribution in [1.29, 1.82) is 0 Å². The molecule has 3 aromatic rings. The molecule has 2 heterocycles. The number of aliphatic hydroxyl groups is 1. The molecule has 2 aromatic carbocycles. The standard InChI is InChI=1S/C11H19N5O.C10H8O3S/c1-12-10-9(2-7-17)8-14-11(15-10)16-5-3-13-4-6-16;11-14(12,13)10-6-5-8-3-1-2-4-9(8)7-10/h8,13,17H,2-7H2,1H3,(H,12,14,15);1-7H,(H,11,12,13). The summed E-state index contributed by atoms with van der Waals surface area (Å²) in [5, 5.41) is 17.0. The van der Waals surface area contributed by atoms with Crippen LogP contribution in [0.25, 0.3) is 10.8 Å². The molecule has 4 rings (SSSR count). The number of anilines is 2. The van der Waals surface area contributed by atoms with Crippen LogP contribution in [0.15, 0.2) is 53.6 Å². The summed E-state index contributed by atoms with van der Waals surface area (Å²) in [6.07, 6.45) is 2.38. The van der Waals surface area contributed by atoms with E-state index in [0.29, 0.717) is 6.42 Å². The zero-order chi connectivity index (χ0) is 22.3. The number of benzene rings is 2. The predicted molar refractivity (Wildman–Crippen MR) is 121 cm³/mol. The smallest absolute Gasteiger partial charge is 0.294 e. The Morgan fingerprint density at radius 1 is 1.13 bits per heavy atom. The second kappa shape index (κ2) is 10.5. The monoisotopic (exact) mass is 445 g/mol.